The molecule has 1 atom stereocenters. The highest BCUT2D eigenvalue weighted by atomic mass is 16.2. The molecule has 2 rings (SSSR count). The molecule has 7 nitrogen and oxygen atoms in total. The number of rotatable bonds is 1. The number of carbonyl (C=O) groups is 4. The Morgan fingerprint density at radius 2 is 1.87 bits per heavy atom. The first-order valence-electron chi connectivity index (χ1n) is 4.42. The maximum atomic E-state index is 11.5. The molecule has 2 aliphatic rings. The predicted molar refractivity (Wildman–Crippen MR) is 46.4 cm³/mol. The number of likely N-dealkylation sites (N-methyl/N-ethyl adjacent to an activating group) is 1. The topological polar surface area (TPSA) is 86.8 Å². The second-order valence-electron chi connectivity index (χ2n) is 3.43. The molecule has 5 amide bonds. The van der Waals surface area contributed by atoms with Crippen molar-refractivity contribution in [2.45, 2.75) is 12.5 Å². The van der Waals surface area contributed by atoms with Gasteiger partial charge in [-0.05, 0) is 0 Å². The van der Waals surface area contributed by atoms with Crippen molar-refractivity contribution in [1.82, 2.24) is 15.1 Å². The van der Waals surface area contributed by atoms with E-state index in [0.29, 0.717) is 0 Å². The van der Waals surface area contributed by atoms with E-state index in [4.69, 9.17) is 0 Å². The van der Waals surface area contributed by atoms with Gasteiger partial charge in [0.2, 0.25) is 5.91 Å². The van der Waals surface area contributed by atoms with Crippen LogP contribution < -0.4 is 5.32 Å². The smallest absolute Gasteiger partial charge is 0.325 e. The summed E-state index contributed by atoms with van der Waals surface area (Å²) in [6, 6.07) is -1.57. The van der Waals surface area contributed by atoms with Gasteiger partial charge in [0.25, 0.3) is 11.8 Å². The number of urea groups is 1. The quantitative estimate of drug-likeness (QED) is 0.413. The Balaban J connectivity index is 2.25. The molecule has 0 aliphatic carbocycles. The molecule has 0 bridgehead atoms. The van der Waals surface area contributed by atoms with Crippen LogP contribution in [0.15, 0.2) is 0 Å². The van der Waals surface area contributed by atoms with Gasteiger partial charge in [-0.1, -0.05) is 0 Å². The van der Waals surface area contributed by atoms with E-state index in [1.54, 1.807) is 0 Å². The molecule has 1 N–H and O–H groups in total. The Kier molecular flexibility index (Phi) is 1.95. The SMILES string of the molecule is CN1C(=O)CC(N2C(=O)CNC2=O)C1=O. The van der Waals surface area contributed by atoms with Crippen molar-refractivity contribution in [2.75, 3.05) is 13.6 Å². The zero-order valence-electron chi connectivity index (χ0n) is 8.02. The van der Waals surface area contributed by atoms with E-state index in [1.165, 1.54) is 7.05 Å². The van der Waals surface area contributed by atoms with Gasteiger partial charge in [-0.3, -0.25) is 19.3 Å². The minimum atomic E-state index is -0.961. The first-order chi connectivity index (χ1) is 7.02. The van der Waals surface area contributed by atoms with Crippen molar-refractivity contribution in [2.24, 2.45) is 0 Å². The van der Waals surface area contributed by atoms with Gasteiger partial charge < -0.3 is 5.32 Å². The second kappa shape index (κ2) is 3.04. The third-order valence-corrected chi connectivity index (χ3v) is 2.55. The molecule has 0 aromatic rings. The van der Waals surface area contributed by atoms with Crippen LogP contribution in [0.1, 0.15) is 6.42 Å². The van der Waals surface area contributed by atoms with E-state index in [1.807, 2.05) is 0 Å². The van der Waals surface area contributed by atoms with E-state index in [2.05, 4.69) is 5.32 Å². The van der Waals surface area contributed by atoms with Crippen LogP contribution in [0.2, 0.25) is 0 Å². The Morgan fingerprint density at radius 3 is 2.27 bits per heavy atom. The molecule has 2 aliphatic heterocycles. The molecule has 0 aromatic heterocycles. The average Bonchev–Trinajstić information content (AvgIpc) is 2.63. The van der Waals surface area contributed by atoms with Crippen molar-refractivity contribution in [1.29, 1.82) is 0 Å². The monoisotopic (exact) mass is 211 g/mol. The maximum Gasteiger partial charge on any atom is 0.325 e. The van der Waals surface area contributed by atoms with E-state index in [0.717, 1.165) is 9.80 Å². The predicted octanol–water partition coefficient (Wildman–Crippen LogP) is -1.70. The number of nitrogens with zero attached hydrogens (tertiary/aromatic N) is 2. The molecule has 80 valence electrons. The summed E-state index contributed by atoms with van der Waals surface area (Å²) in [4.78, 5) is 47.0. The zero-order chi connectivity index (χ0) is 11.2. The van der Waals surface area contributed by atoms with Crippen molar-refractivity contribution in [3.8, 4) is 0 Å². The summed E-state index contributed by atoms with van der Waals surface area (Å²) in [5.74, 6) is -1.36. The van der Waals surface area contributed by atoms with Crippen LogP contribution in [0.4, 0.5) is 4.79 Å². The Bertz CT molecular complexity index is 362. The van der Waals surface area contributed by atoms with E-state index in [9.17, 15) is 19.2 Å². The standard InChI is InChI=1S/C8H9N3O4/c1-10-5(12)2-4(7(10)14)11-6(13)3-9-8(11)15/h4H,2-3H2,1H3,(H,9,15). The lowest BCUT2D eigenvalue weighted by molar-refractivity contribution is -0.140. The van der Waals surface area contributed by atoms with Gasteiger partial charge in [-0.15, -0.1) is 0 Å². The highest BCUT2D eigenvalue weighted by Crippen LogP contribution is 2.19. The molecule has 2 saturated heterocycles. The van der Waals surface area contributed by atoms with Crippen LogP contribution >= 0.6 is 0 Å². The summed E-state index contributed by atoms with van der Waals surface area (Å²) < 4.78 is 0. The van der Waals surface area contributed by atoms with Crippen molar-refractivity contribution >= 4 is 23.8 Å². The summed E-state index contributed by atoms with van der Waals surface area (Å²) in [5, 5.41) is 2.30. The van der Waals surface area contributed by atoms with Crippen LogP contribution in [0.25, 0.3) is 0 Å². The van der Waals surface area contributed by atoms with Crippen LogP contribution in [0, 0.1) is 0 Å². The van der Waals surface area contributed by atoms with Crippen LogP contribution in [-0.4, -0.2) is 53.2 Å². The van der Waals surface area contributed by atoms with Crippen LogP contribution in [0.3, 0.4) is 0 Å². The third-order valence-electron chi connectivity index (χ3n) is 2.55. The molecule has 15 heavy (non-hydrogen) atoms. The van der Waals surface area contributed by atoms with Gasteiger partial charge in [0.1, 0.15) is 6.04 Å². The molecule has 1 unspecified atom stereocenters. The molecular weight excluding hydrogens is 202 g/mol. The molecular formula is C8H9N3O4. The van der Waals surface area contributed by atoms with Crippen LogP contribution in [-0.2, 0) is 14.4 Å². The van der Waals surface area contributed by atoms with Crippen LogP contribution in [0.5, 0.6) is 0 Å². The molecule has 2 heterocycles. The fraction of sp³-hybridized carbons (Fsp3) is 0.500. The summed E-state index contributed by atoms with van der Waals surface area (Å²) in [5.41, 5.74) is 0. The van der Waals surface area contributed by atoms with E-state index in [-0.39, 0.29) is 18.9 Å². The lowest BCUT2D eigenvalue weighted by Gasteiger charge is -2.17. The van der Waals surface area contributed by atoms with Gasteiger partial charge >= 0.3 is 6.03 Å². The summed E-state index contributed by atoms with van der Waals surface area (Å²) in [7, 11) is 1.34. The summed E-state index contributed by atoms with van der Waals surface area (Å²) >= 11 is 0. The fourth-order valence-corrected chi connectivity index (χ4v) is 1.69. The Hall–Kier alpha value is -1.92. The van der Waals surface area contributed by atoms with Crippen molar-refractivity contribution in [3.05, 3.63) is 0 Å². The van der Waals surface area contributed by atoms with Gasteiger partial charge in [-0.2, -0.15) is 0 Å². The minimum Gasteiger partial charge on any atom is -0.329 e. The summed E-state index contributed by atoms with van der Waals surface area (Å²) in [6.07, 6.45) is -0.117. The number of imide groups is 2. The molecule has 0 aromatic carbocycles. The lowest BCUT2D eigenvalue weighted by atomic mass is 10.2. The third kappa shape index (κ3) is 1.27. The lowest BCUT2D eigenvalue weighted by Crippen LogP contribution is -2.44. The number of nitrogens with one attached hydrogen (secondary N) is 1. The summed E-state index contributed by atoms with van der Waals surface area (Å²) in [6.45, 7) is -0.111. The van der Waals surface area contributed by atoms with E-state index < -0.39 is 23.9 Å². The first kappa shape index (κ1) is 9.63. The zero-order valence-corrected chi connectivity index (χ0v) is 8.02. The van der Waals surface area contributed by atoms with Gasteiger partial charge in [-0.25, -0.2) is 9.69 Å². The van der Waals surface area contributed by atoms with Gasteiger partial charge in [0, 0.05) is 7.05 Å². The van der Waals surface area contributed by atoms with Gasteiger partial charge in [0.05, 0.1) is 13.0 Å². The highest BCUT2D eigenvalue weighted by Gasteiger charge is 2.46. The highest BCUT2D eigenvalue weighted by molar-refractivity contribution is 6.11. The van der Waals surface area contributed by atoms with E-state index >= 15 is 0 Å². The normalized spacial score (nSPS) is 26.6. The number of likely N-dealkylation sites (tertiary alicyclic amines) is 1. The second-order valence-corrected chi connectivity index (χ2v) is 3.43. The van der Waals surface area contributed by atoms with Crippen molar-refractivity contribution in [3.63, 3.8) is 0 Å². The molecule has 2 fully saturated rings. The first-order valence-corrected chi connectivity index (χ1v) is 4.42. The van der Waals surface area contributed by atoms with Crippen molar-refractivity contribution < 1.29 is 19.2 Å². The molecule has 0 spiro atoms. The molecule has 0 radical (unpaired) electrons. The molecule has 7 heteroatoms. The number of hydrogen-bond acceptors (Lipinski definition) is 4. The minimum absolute atomic E-state index is 0.111. The number of amides is 5. The average molecular weight is 211 g/mol. The Labute approximate surface area is 85.0 Å². The fourth-order valence-electron chi connectivity index (χ4n) is 1.69. The number of carbonyl (C=O) groups excluding carboxylic acids is 4. The Morgan fingerprint density at radius 1 is 1.20 bits per heavy atom. The maximum absolute atomic E-state index is 11.5. The largest absolute Gasteiger partial charge is 0.329 e. The van der Waals surface area contributed by atoms with Gasteiger partial charge in [0.15, 0.2) is 0 Å². The number of hydrogen-bond donors (Lipinski definition) is 1. The molecule has 0 saturated carbocycles.